The first-order valence-electron chi connectivity index (χ1n) is 7.20. The fraction of sp³-hybridized carbons (Fsp3) is 1.00. The minimum absolute atomic E-state index is 0.738. The predicted octanol–water partition coefficient (Wildman–Crippen LogP) is 2.50. The molecule has 1 heterocycles. The Kier molecular flexibility index (Phi) is 4.66. The second-order valence-electron chi connectivity index (χ2n) is 6.19. The van der Waals surface area contributed by atoms with Crippen molar-refractivity contribution >= 4 is 0 Å². The molecule has 0 radical (unpaired) electrons. The predicted molar refractivity (Wildman–Crippen MR) is 69.6 cm³/mol. The van der Waals surface area contributed by atoms with Crippen LogP contribution in [0.25, 0.3) is 0 Å². The third-order valence-corrected chi connectivity index (χ3v) is 4.06. The normalized spacial score (nSPS) is 29.1. The Labute approximate surface area is 101 Å². The first-order valence-corrected chi connectivity index (χ1v) is 7.20. The number of nitrogens with zero attached hydrogens (tertiary/aromatic N) is 1. The Morgan fingerprint density at radius 2 is 2.06 bits per heavy atom. The van der Waals surface area contributed by atoms with E-state index in [4.69, 9.17) is 0 Å². The fourth-order valence-electron chi connectivity index (χ4n) is 3.01. The van der Waals surface area contributed by atoms with Crippen LogP contribution in [0, 0.1) is 11.8 Å². The van der Waals surface area contributed by atoms with Crippen LogP contribution in [-0.2, 0) is 0 Å². The summed E-state index contributed by atoms with van der Waals surface area (Å²) in [6.45, 7) is 9.87. The molecule has 1 aliphatic carbocycles. The molecular formula is C14H28N2. The summed E-state index contributed by atoms with van der Waals surface area (Å²) in [7, 11) is 0. The van der Waals surface area contributed by atoms with Gasteiger partial charge in [0.1, 0.15) is 0 Å². The lowest BCUT2D eigenvalue weighted by molar-refractivity contribution is 0.171. The van der Waals surface area contributed by atoms with E-state index in [0.717, 1.165) is 17.9 Å². The van der Waals surface area contributed by atoms with E-state index < -0.39 is 0 Å². The molecule has 2 fully saturated rings. The van der Waals surface area contributed by atoms with Crippen LogP contribution in [0.1, 0.15) is 46.0 Å². The minimum atomic E-state index is 0.738. The summed E-state index contributed by atoms with van der Waals surface area (Å²) in [5, 5.41) is 3.71. The monoisotopic (exact) mass is 224 g/mol. The molecular weight excluding hydrogens is 196 g/mol. The van der Waals surface area contributed by atoms with Gasteiger partial charge in [-0.2, -0.15) is 0 Å². The van der Waals surface area contributed by atoms with Crippen LogP contribution in [-0.4, -0.2) is 37.1 Å². The third kappa shape index (κ3) is 3.74. The summed E-state index contributed by atoms with van der Waals surface area (Å²) in [4.78, 5) is 2.72. The van der Waals surface area contributed by atoms with Gasteiger partial charge in [-0.15, -0.1) is 0 Å². The van der Waals surface area contributed by atoms with Gasteiger partial charge in [0.15, 0.2) is 0 Å². The summed E-state index contributed by atoms with van der Waals surface area (Å²) < 4.78 is 0. The molecule has 0 aromatic rings. The van der Waals surface area contributed by atoms with Crippen molar-refractivity contribution in [3.05, 3.63) is 0 Å². The topological polar surface area (TPSA) is 15.3 Å². The maximum Gasteiger partial charge on any atom is 0.0197 e. The Balaban J connectivity index is 1.77. The van der Waals surface area contributed by atoms with Gasteiger partial charge in [0, 0.05) is 19.1 Å². The lowest BCUT2D eigenvalue weighted by Crippen LogP contribution is -2.41. The van der Waals surface area contributed by atoms with Gasteiger partial charge in [-0.05, 0) is 50.6 Å². The zero-order chi connectivity index (χ0) is 11.4. The molecule has 2 nitrogen and oxygen atoms in total. The largest absolute Gasteiger partial charge is 0.313 e. The van der Waals surface area contributed by atoms with Crippen LogP contribution in [0.2, 0.25) is 0 Å². The molecule has 1 unspecified atom stereocenters. The highest BCUT2D eigenvalue weighted by Crippen LogP contribution is 2.27. The second-order valence-corrected chi connectivity index (χ2v) is 6.19. The van der Waals surface area contributed by atoms with Crippen molar-refractivity contribution in [2.24, 2.45) is 11.8 Å². The van der Waals surface area contributed by atoms with Gasteiger partial charge in [-0.3, -0.25) is 0 Å². The molecule has 94 valence electrons. The molecule has 1 aliphatic heterocycles. The average molecular weight is 224 g/mol. The van der Waals surface area contributed by atoms with Crippen molar-refractivity contribution in [2.75, 3.05) is 26.2 Å². The van der Waals surface area contributed by atoms with E-state index in [9.17, 15) is 0 Å². The van der Waals surface area contributed by atoms with Crippen LogP contribution >= 0.6 is 0 Å². The Morgan fingerprint density at radius 3 is 2.69 bits per heavy atom. The molecule has 0 amide bonds. The Morgan fingerprint density at radius 1 is 1.25 bits per heavy atom. The van der Waals surface area contributed by atoms with Crippen LogP contribution in [0.4, 0.5) is 0 Å². The van der Waals surface area contributed by atoms with Crippen molar-refractivity contribution in [1.29, 1.82) is 0 Å². The zero-order valence-corrected chi connectivity index (χ0v) is 11.0. The average Bonchev–Trinajstić information content (AvgIpc) is 2.36. The summed E-state index contributed by atoms with van der Waals surface area (Å²) >= 11 is 0. The summed E-state index contributed by atoms with van der Waals surface area (Å²) in [5.74, 6) is 1.85. The molecule has 16 heavy (non-hydrogen) atoms. The molecule has 0 aromatic carbocycles. The van der Waals surface area contributed by atoms with Crippen molar-refractivity contribution < 1.29 is 0 Å². The molecule has 1 N–H and O–H groups in total. The first-order chi connectivity index (χ1) is 7.74. The van der Waals surface area contributed by atoms with Crippen molar-refractivity contribution in [1.82, 2.24) is 10.2 Å². The number of nitrogens with one attached hydrogen (secondary N) is 1. The molecule has 2 rings (SSSR count). The van der Waals surface area contributed by atoms with Gasteiger partial charge in [-0.1, -0.05) is 20.3 Å². The van der Waals surface area contributed by atoms with Crippen LogP contribution < -0.4 is 5.32 Å². The molecule has 0 spiro atoms. The highest BCUT2D eigenvalue weighted by atomic mass is 15.2. The Hall–Kier alpha value is -0.0800. The molecule has 1 saturated carbocycles. The van der Waals surface area contributed by atoms with E-state index in [2.05, 4.69) is 24.1 Å². The summed E-state index contributed by atoms with van der Waals surface area (Å²) in [6, 6.07) is 0.738. The third-order valence-electron chi connectivity index (χ3n) is 4.06. The highest BCUT2D eigenvalue weighted by Gasteiger charge is 2.24. The van der Waals surface area contributed by atoms with Gasteiger partial charge in [0.25, 0.3) is 0 Å². The van der Waals surface area contributed by atoms with Gasteiger partial charge in [0.05, 0.1) is 0 Å². The summed E-state index contributed by atoms with van der Waals surface area (Å²) in [6.07, 6.45) is 7.12. The second kappa shape index (κ2) is 6.02. The molecule has 2 heteroatoms. The molecule has 1 saturated heterocycles. The van der Waals surface area contributed by atoms with E-state index in [-0.39, 0.29) is 0 Å². The minimum Gasteiger partial charge on any atom is -0.313 e. The SMILES string of the molecule is CC(C)CC1CN(CC2CCC2)CCCN1. The smallest absolute Gasteiger partial charge is 0.0197 e. The number of rotatable bonds is 4. The standard InChI is InChI=1S/C14H28N2/c1-12(2)9-14-11-16(8-4-7-15-14)10-13-5-3-6-13/h12-15H,3-11H2,1-2H3. The van der Waals surface area contributed by atoms with Gasteiger partial charge >= 0.3 is 0 Å². The number of hydrogen-bond donors (Lipinski definition) is 1. The van der Waals surface area contributed by atoms with Crippen LogP contribution in [0.15, 0.2) is 0 Å². The zero-order valence-electron chi connectivity index (χ0n) is 11.0. The first kappa shape index (κ1) is 12.4. The van der Waals surface area contributed by atoms with E-state index >= 15 is 0 Å². The van der Waals surface area contributed by atoms with Crippen molar-refractivity contribution in [3.63, 3.8) is 0 Å². The van der Waals surface area contributed by atoms with Crippen LogP contribution in [0.3, 0.4) is 0 Å². The maximum absolute atomic E-state index is 3.71. The van der Waals surface area contributed by atoms with E-state index in [1.165, 1.54) is 58.3 Å². The highest BCUT2D eigenvalue weighted by molar-refractivity contribution is 4.81. The number of hydrogen-bond acceptors (Lipinski definition) is 2. The van der Waals surface area contributed by atoms with Crippen molar-refractivity contribution in [2.45, 2.75) is 52.0 Å². The maximum atomic E-state index is 3.71. The van der Waals surface area contributed by atoms with E-state index in [1.54, 1.807) is 0 Å². The Bertz CT molecular complexity index is 199. The van der Waals surface area contributed by atoms with Crippen LogP contribution in [0.5, 0.6) is 0 Å². The van der Waals surface area contributed by atoms with E-state index in [1.807, 2.05) is 0 Å². The summed E-state index contributed by atoms with van der Waals surface area (Å²) in [5.41, 5.74) is 0. The fourth-order valence-corrected chi connectivity index (χ4v) is 3.01. The lowest BCUT2D eigenvalue weighted by Gasteiger charge is -2.33. The molecule has 0 bridgehead atoms. The van der Waals surface area contributed by atoms with Gasteiger partial charge in [-0.25, -0.2) is 0 Å². The molecule has 1 atom stereocenters. The quantitative estimate of drug-likeness (QED) is 0.789. The van der Waals surface area contributed by atoms with E-state index in [0.29, 0.717) is 0 Å². The van der Waals surface area contributed by atoms with Gasteiger partial charge in [0.2, 0.25) is 0 Å². The molecule has 2 aliphatic rings. The molecule has 0 aromatic heterocycles. The van der Waals surface area contributed by atoms with Crippen molar-refractivity contribution in [3.8, 4) is 0 Å². The lowest BCUT2D eigenvalue weighted by atomic mass is 9.85. The van der Waals surface area contributed by atoms with Gasteiger partial charge < -0.3 is 10.2 Å².